The maximum absolute atomic E-state index is 14.7. The Hall–Kier alpha value is -4.51. The normalized spacial score (nSPS) is 11.1. The van der Waals surface area contributed by atoms with Gasteiger partial charge in [-0.05, 0) is 49.2 Å². The molecule has 0 saturated heterocycles. The topological polar surface area (TPSA) is 138 Å². The number of pyridine rings is 1. The third-order valence-electron chi connectivity index (χ3n) is 5.87. The minimum atomic E-state index is -1.64. The van der Waals surface area contributed by atoms with Gasteiger partial charge in [-0.2, -0.15) is 0 Å². The first-order valence-electron chi connectivity index (χ1n) is 12.2. The quantitative estimate of drug-likeness (QED) is 0.375. The van der Waals surface area contributed by atoms with Gasteiger partial charge in [0, 0.05) is 32.4 Å². The maximum atomic E-state index is 14.7. The largest absolute Gasteiger partial charge is 0.378 e. The number of carbonyl (C=O) groups is 3. The molecule has 3 aromatic rings. The van der Waals surface area contributed by atoms with E-state index in [0.29, 0.717) is 12.0 Å². The predicted octanol–water partition coefficient (Wildman–Crippen LogP) is 3.43. The highest BCUT2D eigenvalue weighted by atomic mass is 19.1. The number of aliphatic hydroxyl groups excluding tert-OH is 1. The highest BCUT2D eigenvalue weighted by Gasteiger charge is 2.30. The number of hydrogen-bond donors (Lipinski definition) is 3. The molecular weight excluding hydrogens is 505 g/mol. The smallest absolute Gasteiger partial charge is 0.259 e. The van der Waals surface area contributed by atoms with Crippen LogP contribution >= 0.6 is 0 Å². The molecule has 0 fully saturated rings. The number of primary amides is 1. The Morgan fingerprint density at radius 3 is 2.31 bits per heavy atom. The van der Waals surface area contributed by atoms with Gasteiger partial charge in [0.25, 0.3) is 17.4 Å². The Labute approximate surface area is 226 Å². The number of nitrogens with two attached hydrogens (primary N) is 1. The van der Waals surface area contributed by atoms with Crippen LogP contribution in [0.1, 0.15) is 47.0 Å². The van der Waals surface area contributed by atoms with Crippen molar-refractivity contribution in [2.45, 2.75) is 33.8 Å². The number of nitrogens with zero attached hydrogens (tertiary/aromatic N) is 3. The molecule has 4 N–H and O–H groups in total. The number of aromatic nitrogens is 1. The summed E-state index contributed by atoms with van der Waals surface area (Å²) in [5, 5.41) is 13.0. The van der Waals surface area contributed by atoms with Gasteiger partial charge in [-0.25, -0.2) is 4.39 Å². The first-order valence-corrected chi connectivity index (χ1v) is 12.2. The maximum Gasteiger partial charge on any atom is 0.259 e. The monoisotopic (exact) mass is 539 g/mol. The summed E-state index contributed by atoms with van der Waals surface area (Å²) in [7, 11) is 4.42. The van der Waals surface area contributed by atoms with E-state index in [1.165, 1.54) is 73.9 Å². The van der Waals surface area contributed by atoms with Crippen molar-refractivity contribution in [3.8, 4) is 0 Å². The van der Waals surface area contributed by atoms with Crippen LogP contribution in [-0.4, -0.2) is 46.9 Å². The molecule has 10 nitrogen and oxygen atoms in total. The van der Waals surface area contributed by atoms with Gasteiger partial charge in [0.1, 0.15) is 17.2 Å². The molecule has 1 heterocycles. The second-order valence-electron chi connectivity index (χ2n) is 8.74. The fraction of sp³-hybridized carbons (Fsp3) is 0.286. The van der Waals surface area contributed by atoms with Crippen LogP contribution in [0.15, 0.2) is 47.3 Å². The number of aryl methyl sites for hydroxylation is 1. The van der Waals surface area contributed by atoms with E-state index < -0.39 is 29.3 Å². The Balaban J connectivity index is 0.00000260. The van der Waals surface area contributed by atoms with Crippen molar-refractivity contribution in [3.63, 3.8) is 0 Å². The van der Waals surface area contributed by atoms with E-state index in [9.17, 15) is 28.7 Å². The first-order chi connectivity index (χ1) is 18.4. The number of halogens is 1. The van der Waals surface area contributed by atoms with Crippen LogP contribution < -0.4 is 21.5 Å². The van der Waals surface area contributed by atoms with Gasteiger partial charge in [-0.3, -0.25) is 28.6 Å². The number of nitrogens with one attached hydrogen (secondary N) is 1. The SMILES string of the molecule is CC.Cc1ccc(Nc2c(C(=O)N(C)C)c(N(C=O)c3cccc(C(O)C(N)=O)c3)c(C)c(=O)n2C)c(F)c1. The van der Waals surface area contributed by atoms with Crippen LogP contribution in [-0.2, 0) is 16.6 Å². The lowest BCUT2D eigenvalue weighted by Gasteiger charge is -2.28. The summed E-state index contributed by atoms with van der Waals surface area (Å²) >= 11 is 0. The zero-order valence-electron chi connectivity index (χ0n) is 23.1. The molecule has 11 heteroatoms. The molecule has 3 amide bonds. The first kappa shape index (κ1) is 30.7. The lowest BCUT2D eigenvalue weighted by atomic mass is 10.0. The van der Waals surface area contributed by atoms with Gasteiger partial charge in [-0.15, -0.1) is 0 Å². The van der Waals surface area contributed by atoms with E-state index in [1.807, 2.05) is 13.8 Å². The summed E-state index contributed by atoms with van der Waals surface area (Å²) in [6.45, 7) is 7.18. The van der Waals surface area contributed by atoms with Crippen molar-refractivity contribution in [2.24, 2.45) is 12.8 Å². The van der Waals surface area contributed by atoms with Crippen molar-refractivity contribution in [2.75, 3.05) is 24.3 Å². The molecular formula is C28H34FN5O5. The summed E-state index contributed by atoms with van der Waals surface area (Å²) in [5.41, 5.74) is 5.58. The summed E-state index contributed by atoms with van der Waals surface area (Å²) in [6.07, 6.45) is -1.23. The second kappa shape index (κ2) is 12.8. The van der Waals surface area contributed by atoms with Crippen LogP contribution in [0.2, 0.25) is 0 Å². The van der Waals surface area contributed by atoms with E-state index in [-0.39, 0.29) is 39.6 Å². The summed E-state index contributed by atoms with van der Waals surface area (Å²) in [4.78, 5) is 53.0. The van der Waals surface area contributed by atoms with Crippen molar-refractivity contribution < 1.29 is 23.9 Å². The van der Waals surface area contributed by atoms with E-state index in [1.54, 1.807) is 13.0 Å². The molecule has 0 bridgehead atoms. The highest BCUT2D eigenvalue weighted by molar-refractivity contribution is 6.08. The van der Waals surface area contributed by atoms with E-state index >= 15 is 0 Å². The molecule has 0 aliphatic rings. The summed E-state index contributed by atoms with van der Waals surface area (Å²) in [6, 6.07) is 10.2. The average molecular weight is 540 g/mol. The molecule has 0 aliphatic carbocycles. The van der Waals surface area contributed by atoms with Crippen LogP contribution in [0.5, 0.6) is 0 Å². The average Bonchev–Trinajstić information content (AvgIpc) is 2.91. The molecule has 208 valence electrons. The minimum Gasteiger partial charge on any atom is -0.378 e. The van der Waals surface area contributed by atoms with Gasteiger partial charge in [0.2, 0.25) is 6.41 Å². The van der Waals surface area contributed by atoms with E-state index in [0.717, 1.165) is 4.90 Å². The zero-order valence-corrected chi connectivity index (χ0v) is 23.1. The second-order valence-corrected chi connectivity index (χ2v) is 8.74. The Bertz CT molecular complexity index is 1450. The Kier molecular flexibility index (Phi) is 10.1. The van der Waals surface area contributed by atoms with Crippen LogP contribution in [0.3, 0.4) is 0 Å². The van der Waals surface area contributed by atoms with Crippen LogP contribution in [0.25, 0.3) is 0 Å². The molecule has 1 aromatic heterocycles. The minimum absolute atomic E-state index is 0.0208. The third kappa shape index (κ3) is 6.32. The molecule has 0 aliphatic heterocycles. The van der Waals surface area contributed by atoms with Gasteiger partial charge >= 0.3 is 0 Å². The summed E-state index contributed by atoms with van der Waals surface area (Å²) < 4.78 is 15.9. The molecule has 0 saturated carbocycles. The van der Waals surface area contributed by atoms with Crippen molar-refractivity contribution in [1.29, 1.82) is 0 Å². The number of hydrogen-bond acceptors (Lipinski definition) is 6. The molecule has 2 aromatic carbocycles. The van der Waals surface area contributed by atoms with Gasteiger partial charge in [0.15, 0.2) is 6.10 Å². The number of amides is 3. The Morgan fingerprint density at radius 1 is 1.13 bits per heavy atom. The third-order valence-corrected chi connectivity index (χ3v) is 5.87. The molecule has 1 atom stereocenters. The highest BCUT2D eigenvalue weighted by Crippen LogP contribution is 2.36. The predicted molar refractivity (Wildman–Crippen MR) is 149 cm³/mol. The van der Waals surface area contributed by atoms with Gasteiger partial charge in [-0.1, -0.05) is 32.0 Å². The molecule has 3 rings (SSSR count). The van der Waals surface area contributed by atoms with Gasteiger partial charge < -0.3 is 21.1 Å². The fourth-order valence-electron chi connectivity index (χ4n) is 3.90. The Morgan fingerprint density at radius 2 is 1.77 bits per heavy atom. The summed E-state index contributed by atoms with van der Waals surface area (Å²) in [5.74, 6) is -2.19. The number of anilines is 4. The van der Waals surface area contributed by atoms with E-state index in [2.05, 4.69) is 5.32 Å². The lowest BCUT2D eigenvalue weighted by Crippen LogP contribution is -2.33. The molecule has 0 spiro atoms. The lowest BCUT2D eigenvalue weighted by molar-refractivity contribution is -0.126. The van der Waals surface area contributed by atoms with Crippen LogP contribution in [0.4, 0.5) is 27.3 Å². The fourth-order valence-corrected chi connectivity index (χ4v) is 3.90. The number of carbonyl (C=O) groups excluding carboxylic acids is 3. The van der Waals surface area contributed by atoms with Crippen molar-refractivity contribution in [3.05, 3.63) is 80.9 Å². The van der Waals surface area contributed by atoms with Crippen molar-refractivity contribution in [1.82, 2.24) is 9.47 Å². The zero-order chi connectivity index (χ0) is 29.6. The standard InChI is InChI=1S/C26H28FN5O5.C2H6/c1-14-9-10-19(18(27)11-14)29-24-20(26(37)30(3)4)21(15(2)25(36)31(24)5)32(13-33)17-8-6-7-16(12-17)22(34)23(28)35;1-2/h6-13,22,29,34H,1-5H3,(H2,28,35);1-2H3. The molecule has 1 unspecified atom stereocenters. The van der Waals surface area contributed by atoms with Crippen LogP contribution in [0, 0.1) is 19.7 Å². The molecule has 39 heavy (non-hydrogen) atoms. The molecule has 0 radical (unpaired) electrons. The number of benzene rings is 2. The van der Waals surface area contributed by atoms with Crippen molar-refractivity contribution >= 4 is 41.1 Å². The number of rotatable bonds is 8. The van der Waals surface area contributed by atoms with Gasteiger partial charge in [0.05, 0.1) is 11.4 Å². The van der Waals surface area contributed by atoms with E-state index in [4.69, 9.17) is 5.73 Å². The number of aliphatic hydroxyl groups is 1.